The van der Waals surface area contributed by atoms with E-state index in [0.717, 1.165) is 19.3 Å². The zero-order valence-electron chi connectivity index (χ0n) is 10.5. The van der Waals surface area contributed by atoms with Crippen molar-refractivity contribution in [3.8, 4) is 11.8 Å². The Morgan fingerprint density at radius 1 is 1.38 bits per heavy atom. The third-order valence-electron chi connectivity index (χ3n) is 2.01. The molecule has 0 saturated carbocycles. The van der Waals surface area contributed by atoms with Gasteiger partial charge >= 0.3 is 5.97 Å². The minimum atomic E-state index is -0.442. The quantitative estimate of drug-likeness (QED) is 0.289. The van der Waals surface area contributed by atoms with Gasteiger partial charge in [0.2, 0.25) is 0 Å². The van der Waals surface area contributed by atoms with E-state index in [0.29, 0.717) is 25.7 Å². The van der Waals surface area contributed by atoms with Crippen molar-refractivity contribution in [2.24, 2.45) is 0 Å². The van der Waals surface area contributed by atoms with Crippen LogP contribution in [0.3, 0.4) is 0 Å². The summed E-state index contributed by atoms with van der Waals surface area (Å²) in [6.07, 6.45) is 4.10. The Bertz CT molecular complexity index is 237. The molecule has 0 bridgehead atoms. The normalized spacial score (nSPS) is 11.4. The fourth-order valence-electron chi connectivity index (χ4n) is 1.24. The molecule has 1 atom stereocenters. The summed E-state index contributed by atoms with van der Waals surface area (Å²) in [4.78, 5) is 10.8. The van der Waals surface area contributed by atoms with Crippen LogP contribution in [0.4, 0.5) is 0 Å². The first-order chi connectivity index (χ1) is 7.70. The van der Waals surface area contributed by atoms with Crippen molar-refractivity contribution in [1.82, 2.24) is 0 Å². The van der Waals surface area contributed by atoms with Gasteiger partial charge in [-0.05, 0) is 26.7 Å². The fourth-order valence-corrected chi connectivity index (χ4v) is 1.24. The Labute approximate surface area is 98.5 Å². The molecule has 0 radical (unpaired) electrons. The second-order valence-corrected chi connectivity index (χ2v) is 3.60. The summed E-state index contributed by atoms with van der Waals surface area (Å²) in [5.74, 6) is 4.76. The average Bonchev–Trinajstić information content (AvgIpc) is 2.24. The van der Waals surface area contributed by atoms with Gasteiger partial charge in [-0.3, -0.25) is 0 Å². The van der Waals surface area contributed by atoms with Crippen LogP contribution in [-0.2, 0) is 14.3 Å². The lowest BCUT2D eigenvalue weighted by Gasteiger charge is -2.10. The Kier molecular flexibility index (Phi) is 9.84. The molecule has 0 aliphatic heterocycles. The van der Waals surface area contributed by atoms with Gasteiger partial charge < -0.3 is 9.47 Å². The molecule has 0 heterocycles. The van der Waals surface area contributed by atoms with Crippen molar-refractivity contribution in [1.29, 1.82) is 0 Å². The summed E-state index contributed by atoms with van der Waals surface area (Å²) in [5.41, 5.74) is 0. The van der Waals surface area contributed by atoms with Crippen LogP contribution in [0, 0.1) is 11.8 Å². The zero-order valence-corrected chi connectivity index (χ0v) is 10.5. The molecule has 16 heavy (non-hydrogen) atoms. The number of hydrogen-bond donors (Lipinski definition) is 0. The molecule has 0 N–H and O–H groups in total. The monoisotopic (exact) mass is 226 g/mol. The second-order valence-electron chi connectivity index (χ2n) is 3.60. The van der Waals surface area contributed by atoms with Crippen molar-refractivity contribution >= 4 is 5.97 Å². The van der Waals surface area contributed by atoms with Crippen LogP contribution >= 0.6 is 0 Å². The van der Waals surface area contributed by atoms with Gasteiger partial charge in [0.25, 0.3) is 0 Å². The van der Waals surface area contributed by atoms with E-state index in [2.05, 4.69) is 30.4 Å². The van der Waals surface area contributed by atoms with Gasteiger partial charge in [-0.1, -0.05) is 19.3 Å². The molecule has 0 spiro atoms. The first kappa shape index (κ1) is 15.0. The van der Waals surface area contributed by atoms with Crippen LogP contribution in [0.2, 0.25) is 0 Å². The van der Waals surface area contributed by atoms with Gasteiger partial charge in [-0.25, -0.2) is 4.79 Å². The van der Waals surface area contributed by atoms with Gasteiger partial charge in [0, 0.05) is 18.9 Å². The molecule has 0 amide bonds. The molecule has 3 heteroatoms. The molecular weight excluding hydrogens is 204 g/mol. The average molecular weight is 226 g/mol. The van der Waals surface area contributed by atoms with Crippen molar-refractivity contribution < 1.29 is 14.3 Å². The first-order valence-electron chi connectivity index (χ1n) is 5.97. The van der Waals surface area contributed by atoms with Gasteiger partial charge in [0.15, 0.2) is 0 Å². The maximum absolute atomic E-state index is 10.8. The van der Waals surface area contributed by atoms with Crippen molar-refractivity contribution in [2.75, 3.05) is 13.2 Å². The van der Waals surface area contributed by atoms with Crippen LogP contribution in [0.5, 0.6) is 0 Å². The first-order valence-corrected chi connectivity index (χ1v) is 5.97. The molecule has 0 fully saturated rings. The molecular formula is C13H22O3. The molecule has 0 aliphatic rings. The van der Waals surface area contributed by atoms with Gasteiger partial charge in [-0.2, -0.15) is 0 Å². The lowest BCUT2D eigenvalue weighted by Crippen LogP contribution is -2.08. The number of carbonyl (C=O) groups is 1. The van der Waals surface area contributed by atoms with E-state index >= 15 is 0 Å². The largest absolute Gasteiger partial charge is 0.456 e. The molecule has 0 aromatic rings. The highest BCUT2D eigenvalue weighted by Gasteiger charge is 1.98. The van der Waals surface area contributed by atoms with Crippen LogP contribution in [-0.4, -0.2) is 25.3 Å². The number of esters is 1. The number of rotatable bonds is 7. The molecule has 0 saturated heterocycles. The van der Waals surface area contributed by atoms with Crippen LogP contribution in [0.15, 0.2) is 0 Å². The highest BCUT2D eigenvalue weighted by atomic mass is 16.5. The Balaban J connectivity index is 3.42. The third-order valence-corrected chi connectivity index (χ3v) is 2.01. The highest BCUT2D eigenvalue weighted by molar-refractivity contribution is 5.88. The third kappa shape index (κ3) is 9.54. The van der Waals surface area contributed by atoms with E-state index in [9.17, 15) is 4.79 Å². The minimum absolute atomic E-state index is 0.322. The predicted octanol–water partition coefficient (Wildman–Crippen LogP) is 2.54. The highest BCUT2D eigenvalue weighted by Crippen LogP contribution is 2.01. The maximum Gasteiger partial charge on any atom is 0.384 e. The van der Waals surface area contributed by atoms with E-state index in [1.165, 1.54) is 0 Å². The number of ether oxygens (including phenoxy) is 2. The smallest absolute Gasteiger partial charge is 0.384 e. The molecule has 92 valence electrons. The zero-order chi connectivity index (χ0) is 12.2. The van der Waals surface area contributed by atoms with E-state index < -0.39 is 5.97 Å². The second kappa shape index (κ2) is 10.5. The molecule has 0 rings (SSSR count). The van der Waals surface area contributed by atoms with Crippen molar-refractivity contribution in [3.63, 3.8) is 0 Å². The topological polar surface area (TPSA) is 35.5 Å². The summed E-state index contributed by atoms with van der Waals surface area (Å²) < 4.78 is 10.2. The summed E-state index contributed by atoms with van der Waals surface area (Å²) in [6.45, 7) is 7.07. The fraction of sp³-hybridized carbons (Fsp3) is 0.769. The molecule has 0 aromatic carbocycles. The van der Waals surface area contributed by atoms with Crippen LogP contribution in [0.1, 0.15) is 46.5 Å². The lowest BCUT2D eigenvalue weighted by molar-refractivity contribution is -0.136. The molecule has 1 unspecified atom stereocenters. The summed E-state index contributed by atoms with van der Waals surface area (Å²) >= 11 is 0. The summed E-state index contributed by atoms with van der Waals surface area (Å²) in [7, 11) is 0. The lowest BCUT2D eigenvalue weighted by atomic mass is 10.2. The van der Waals surface area contributed by atoms with E-state index in [4.69, 9.17) is 4.74 Å². The van der Waals surface area contributed by atoms with E-state index in [-0.39, 0.29) is 0 Å². The number of unbranched alkanes of at least 4 members (excludes halogenated alkanes) is 1. The Morgan fingerprint density at radius 2 is 2.12 bits per heavy atom. The Morgan fingerprint density at radius 3 is 2.75 bits per heavy atom. The van der Waals surface area contributed by atoms with Crippen LogP contribution < -0.4 is 0 Å². The SMILES string of the molecule is CCCC(C)OCCCC#CC(=O)OCC. The standard InChI is InChI=1S/C13H22O3/c1-4-9-12(3)16-11-8-6-7-10-13(14)15-5-2/h12H,4-6,8-9,11H2,1-3H3. The molecule has 0 aromatic heterocycles. The Hall–Kier alpha value is -1.01. The predicted molar refractivity (Wildman–Crippen MR) is 64.0 cm³/mol. The maximum atomic E-state index is 10.8. The summed E-state index contributed by atoms with van der Waals surface area (Å²) in [5, 5.41) is 0. The summed E-state index contributed by atoms with van der Waals surface area (Å²) in [6, 6.07) is 0. The van der Waals surface area contributed by atoms with Crippen molar-refractivity contribution in [2.45, 2.75) is 52.6 Å². The molecule has 0 aliphatic carbocycles. The van der Waals surface area contributed by atoms with E-state index in [1.54, 1.807) is 6.92 Å². The van der Waals surface area contributed by atoms with Crippen molar-refractivity contribution in [3.05, 3.63) is 0 Å². The number of carbonyl (C=O) groups excluding carboxylic acids is 1. The van der Waals surface area contributed by atoms with Crippen LogP contribution in [0.25, 0.3) is 0 Å². The minimum Gasteiger partial charge on any atom is -0.456 e. The van der Waals surface area contributed by atoms with Gasteiger partial charge in [0.05, 0.1) is 12.7 Å². The molecule has 3 nitrogen and oxygen atoms in total. The van der Waals surface area contributed by atoms with Gasteiger partial charge in [0.1, 0.15) is 0 Å². The van der Waals surface area contributed by atoms with E-state index in [1.807, 2.05) is 0 Å². The van der Waals surface area contributed by atoms with Gasteiger partial charge in [-0.15, -0.1) is 0 Å². The number of hydrogen-bond acceptors (Lipinski definition) is 3.